The summed E-state index contributed by atoms with van der Waals surface area (Å²) >= 11 is 0. The molecule has 122 valence electrons. The van der Waals surface area contributed by atoms with Gasteiger partial charge in [-0.3, -0.25) is 9.69 Å². The van der Waals surface area contributed by atoms with Crippen LogP contribution in [0.1, 0.15) is 50.0 Å². The Balaban J connectivity index is 1.56. The molecule has 1 aromatic rings. The van der Waals surface area contributed by atoms with E-state index < -0.39 is 0 Å². The highest BCUT2D eigenvalue weighted by molar-refractivity contribution is 5.78. The van der Waals surface area contributed by atoms with Gasteiger partial charge in [0.15, 0.2) is 0 Å². The number of amides is 1. The average Bonchev–Trinajstić information content (AvgIpc) is 2.91. The number of carbonyl (C=O) groups excluding carboxylic acids is 1. The van der Waals surface area contributed by atoms with E-state index in [9.17, 15) is 4.79 Å². The molecule has 4 heteroatoms. The van der Waals surface area contributed by atoms with E-state index in [0.29, 0.717) is 25.0 Å². The number of hydrogen-bond donors (Lipinski definition) is 0. The molecule has 0 N–H and O–H groups in total. The van der Waals surface area contributed by atoms with Crippen LogP contribution in [0.15, 0.2) is 16.5 Å². The van der Waals surface area contributed by atoms with E-state index in [-0.39, 0.29) is 0 Å². The molecule has 0 bridgehead atoms. The molecule has 2 atom stereocenters. The zero-order valence-electron chi connectivity index (χ0n) is 13.9. The van der Waals surface area contributed by atoms with Crippen molar-refractivity contribution >= 4 is 5.91 Å². The van der Waals surface area contributed by atoms with Gasteiger partial charge in [-0.05, 0) is 57.7 Å². The first-order valence-electron chi connectivity index (χ1n) is 8.67. The fraction of sp³-hybridized carbons (Fsp3) is 0.722. The molecule has 1 saturated heterocycles. The maximum Gasteiger partial charge on any atom is 0.237 e. The monoisotopic (exact) mass is 304 g/mol. The third-order valence-corrected chi connectivity index (χ3v) is 5.19. The summed E-state index contributed by atoms with van der Waals surface area (Å²) in [6.45, 7) is 4.09. The van der Waals surface area contributed by atoms with Gasteiger partial charge in [0.05, 0.1) is 13.1 Å². The first kappa shape index (κ1) is 15.6. The Morgan fingerprint density at radius 3 is 2.82 bits per heavy atom. The highest BCUT2D eigenvalue weighted by Crippen LogP contribution is 2.35. The van der Waals surface area contributed by atoms with E-state index in [2.05, 4.69) is 9.80 Å². The van der Waals surface area contributed by atoms with Gasteiger partial charge in [-0.15, -0.1) is 0 Å². The lowest BCUT2D eigenvalue weighted by Crippen LogP contribution is -2.52. The Labute approximate surface area is 133 Å². The zero-order chi connectivity index (χ0) is 15.5. The van der Waals surface area contributed by atoms with Crippen LogP contribution in [0, 0.1) is 12.8 Å². The zero-order valence-corrected chi connectivity index (χ0v) is 13.9. The SMILES string of the molecule is Cc1ccc(CN(C)CC(=O)N2CCCC3CCCCC32)o1. The molecular formula is C18H28N2O2. The predicted molar refractivity (Wildman–Crippen MR) is 86.5 cm³/mol. The van der Waals surface area contributed by atoms with Gasteiger partial charge >= 0.3 is 0 Å². The lowest BCUT2D eigenvalue weighted by atomic mass is 9.78. The van der Waals surface area contributed by atoms with E-state index in [1.54, 1.807) is 0 Å². The molecule has 1 saturated carbocycles. The second kappa shape index (κ2) is 6.86. The molecule has 2 aliphatic rings. The van der Waals surface area contributed by atoms with Crippen molar-refractivity contribution < 1.29 is 9.21 Å². The summed E-state index contributed by atoms with van der Waals surface area (Å²) in [7, 11) is 2.00. The van der Waals surface area contributed by atoms with Crippen LogP contribution in [0.2, 0.25) is 0 Å². The van der Waals surface area contributed by atoms with Crippen LogP contribution >= 0.6 is 0 Å². The third kappa shape index (κ3) is 3.54. The van der Waals surface area contributed by atoms with Crippen LogP contribution in [-0.4, -0.2) is 41.9 Å². The van der Waals surface area contributed by atoms with E-state index in [4.69, 9.17) is 4.42 Å². The van der Waals surface area contributed by atoms with E-state index >= 15 is 0 Å². The Morgan fingerprint density at radius 1 is 1.27 bits per heavy atom. The van der Waals surface area contributed by atoms with Crippen LogP contribution in [-0.2, 0) is 11.3 Å². The summed E-state index contributed by atoms with van der Waals surface area (Å²) in [6, 6.07) is 4.48. The minimum absolute atomic E-state index is 0.294. The topological polar surface area (TPSA) is 36.7 Å². The van der Waals surface area contributed by atoms with Gasteiger partial charge in [0, 0.05) is 12.6 Å². The van der Waals surface area contributed by atoms with Crippen LogP contribution in [0.4, 0.5) is 0 Å². The van der Waals surface area contributed by atoms with Crippen molar-refractivity contribution in [1.82, 2.24) is 9.80 Å². The van der Waals surface area contributed by atoms with Gasteiger partial charge in [-0.25, -0.2) is 0 Å². The maximum absolute atomic E-state index is 12.7. The molecule has 2 heterocycles. The van der Waals surface area contributed by atoms with Crippen molar-refractivity contribution in [2.24, 2.45) is 5.92 Å². The molecule has 0 aromatic carbocycles. The molecule has 1 aliphatic heterocycles. The minimum atomic E-state index is 0.294. The molecule has 2 fully saturated rings. The average molecular weight is 304 g/mol. The van der Waals surface area contributed by atoms with Gasteiger partial charge in [0.1, 0.15) is 11.5 Å². The van der Waals surface area contributed by atoms with Gasteiger partial charge in [0.2, 0.25) is 5.91 Å². The van der Waals surface area contributed by atoms with Crippen molar-refractivity contribution in [2.75, 3.05) is 20.1 Å². The molecule has 1 aromatic heterocycles. The fourth-order valence-electron chi connectivity index (χ4n) is 4.15. The Hall–Kier alpha value is -1.29. The molecular weight excluding hydrogens is 276 g/mol. The van der Waals surface area contributed by atoms with Crippen molar-refractivity contribution in [3.8, 4) is 0 Å². The highest BCUT2D eigenvalue weighted by Gasteiger charge is 2.35. The largest absolute Gasteiger partial charge is 0.465 e. The number of rotatable bonds is 4. The summed E-state index contributed by atoms with van der Waals surface area (Å²) in [5.74, 6) is 2.91. The highest BCUT2D eigenvalue weighted by atomic mass is 16.3. The number of piperidine rings is 1. The van der Waals surface area contributed by atoms with Crippen molar-refractivity contribution in [3.63, 3.8) is 0 Å². The maximum atomic E-state index is 12.7. The summed E-state index contributed by atoms with van der Waals surface area (Å²) in [6.07, 6.45) is 7.64. The second-order valence-corrected chi connectivity index (χ2v) is 7.03. The number of furan rings is 1. The smallest absolute Gasteiger partial charge is 0.237 e. The second-order valence-electron chi connectivity index (χ2n) is 7.03. The first-order chi connectivity index (χ1) is 10.6. The van der Waals surface area contributed by atoms with Crippen LogP contribution < -0.4 is 0 Å². The molecule has 1 aliphatic carbocycles. The van der Waals surface area contributed by atoms with E-state index in [0.717, 1.165) is 24.0 Å². The van der Waals surface area contributed by atoms with Gasteiger partial charge in [-0.1, -0.05) is 12.8 Å². The summed E-state index contributed by atoms with van der Waals surface area (Å²) in [5.41, 5.74) is 0. The van der Waals surface area contributed by atoms with E-state index in [1.165, 1.54) is 38.5 Å². The molecule has 3 rings (SSSR count). The van der Waals surface area contributed by atoms with Gasteiger partial charge in [0.25, 0.3) is 0 Å². The number of aryl methyl sites for hydroxylation is 1. The Bertz CT molecular complexity index is 509. The predicted octanol–water partition coefficient (Wildman–Crippen LogP) is 3.20. The van der Waals surface area contributed by atoms with Gasteiger partial charge in [-0.2, -0.15) is 0 Å². The van der Waals surface area contributed by atoms with Crippen molar-refractivity contribution in [1.29, 1.82) is 0 Å². The minimum Gasteiger partial charge on any atom is -0.465 e. The summed E-state index contributed by atoms with van der Waals surface area (Å²) in [5, 5.41) is 0. The quantitative estimate of drug-likeness (QED) is 0.857. The lowest BCUT2D eigenvalue weighted by molar-refractivity contribution is -0.138. The number of likely N-dealkylation sites (N-methyl/N-ethyl adjacent to an activating group) is 1. The number of likely N-dealkylation sites (tertiary alicyclic amines) is 1. The molecule has 1 amide bonds. The lowest BCUT2D eigenvalue weighted by Gasteiger charge is -2.44. The molecule has 22 heavy (non-hydrogen) atoms. The number of fused-ring (bicyclic) bond motifs is 1. The van der Waals surface area contributed by atoms with Crippen LogP contribution in [0.3, 0.4) is 0 Å². The summed E-state index contributed by atoms with van der Waals surface area (Å²) < 4.78 is 5.60. The number of hydrogen-bond acceptors (Lipinski definition) is 3. The number of carbonyl (C=O) groups is 1. The van der Waals surface area contributed by atoms with Gasteiger partial charge < -0.3 is 9.32 Å². The third-order valence-electron chi connectivity index (χ3n) is 5.19. The normalized spacial score (nSPS) is 25.3. The van der Waals surface area contributed by atoms with Crippen molar-refractivity contribution in [3.05, 3.63) is 23.7 Å². The molecule has 0 radical (unpaired) electrons. The van der Waals surface area contributed by atoms with E-state index in [1.807, 2.05) is 26.1 Å². The first-order valence-corrected chi connectivity index (χ1v) is 8.67. The number of nitrogens with zero attached hydrogens (tertiary/aromatic N) is 2. The van der Waals surface area contributed by atoms with Crippen molar-refractivity contribution in [2.45, 2.75) is 58.0 Å². The molecule has 0 spiro atoms. The fourth-order valence-corrected chi connectivity index (χ4v) is 4.15. The standard InChI is InChI=1S/C18H28N2O2/c1-14-9-10-16(22-14)12-19(2)13-18(21)20-11-5-7-15-6-3-4-8-17(15)20/h9-10,15,17H,3-8,11-13H2,1-2H3. The van der Waals surface area contributed by atoms with Crippen LogP contribution in [0.5, 0.6) is 0 Å². The Kier molecular flexibility index (Phi) is 4.87. The summed E-state index contributed by atoms with van der Waals surface area (Å²) in [4.78, 5) is 17.0. The molecule has 4 nitrogen and oxygen atoms in total. The molecule has 2 unspecified atom stereocenters. The van der Waals surface area contributed by atoms with Crippen LogP contribution in [0.25, 0.3) is 0 Å². The Morgan fingerprint density at radius 2 is 2.05 bits per heavy atom.